The van der Waals surface area contributed by atoms with Gasteiger partial charge in [-0.05, 0) is 48.6 Å². The van der Waals surface area contributed by atoms with E-state index in [0.29, 0.717) is 6.54 Å². The molecule has 1 aliphatic carbocycles. The van der Waals surface area contributed by atoms with Crippen molar-refractivity contribution in [3.8, 4) is 5.75 Å². The highest BCUT2D eigenvalue weighted by molar-refractivity contribution is 5.83. The number of rotatable bonds is 5. The number of aryl methyl sites for hydroxylation is 1. The van der Waals surface area contributed by atoms with Gasteiger partial charge in [-0.25, -0.2) is 4.98 Å². The molecule has 0 aliphatic heterocycles. The van der Waals surface area contributed by atoms with Gasteiger partial charge in [-0.1, -0.05) is 18.2 Å². The van der Waals surface area contributed by atoms with Crippen LogP contribution in [-0.4, -0.2) is 22.4 Å². The molecule has 5 heteroatoms. The summed E-state index contributed by atoms with van der Waals surface area (Å²) in [7, 11) is 1.67. The largest absolute Gasteiger partial charge is 0.496 e. The van der Waals surface area contributed by atoms with Gasteiger partial charge in [-0.2, -0.15) is 0 Å². The second-order valence-electron chi connectivity index (χ2n) is 6.61. The predicted molar refractivity (Wildman–Crippen MR) is 95.6 cm³/mol. The van der Waals surface area contributed by atoms with Crippen molar-refractivity contribution in [2.45, 2.75) is 25.8 Å². The zero-order valence-corrected chi connectivity index (χ0v) is 14.4. The topological polar surface area (TPSA) is 55.6 Å². The van der Waals surface area contributed by atoms with Crippen LogP contribution in [-0.2, 0) is 11.3 Å². The van der Waals surface area contributed by atoms with Crippen LogP contribution in [0.3, 0.4) is 0 Å². The Kier molecular flexibility index (Phi) is 3.92. The van der Waals surface area contributed by atoms with Crippen molar-refractivity contribution in [2.75, 3.05) is 7.11 Å². The highest BCUT2D eigenvalue weighted by atomic mass is 16.5. The first-order valence-electron chi connectivity index (χ1n) is 8.50. The minimum Gasteiger partial charge on any atom is -0.496 e. The van der Waals surface area contributed by atoms with Crippen molar-refractivity contribution >= 4 is 11.6 Å². The number of para-hydroxylation sites is 1. The first-order chi connectivity index (χ1) is 12.2. The number of hydrogen-bond donors (Lipinski definition) is 1. The Morgan fingerprint density at radius 3 is 3.04 bits per heavy atom. The summed E-state index contributed by atoms with van der Waals surface area (Å²) in [4.78, 5) is 17.0. The van der Waals surface area contributed by atoms with Crippen LogP contribution in [0.15, 0.2) is 48.8 Å². The molecule has 128 valence electrons. The molecule has 0 saturated heterocycles. The quantitative estimate of drug-likeness (QED) is 0.779. The second kappa shape index (κ2) is 6.24. The lowest BCUT2D eigenvalue weighted by Gasteiger charge is -2.07. The van der Waals surface area contributed by atoms with Gasteiger partial charge in [0.25, 0.3) is 0 Å². The van der Waals surface area contributed by atoms with Gasteiger partial charge in [0.1, 0.15) is 11.4 Å². The highest BCUT2D eigenvalue weighted by Gasteiger charge is 2.45. The van der Waals surface area contributed by atoms with Gasteiger partial charge in [0.15, 0.2) is 0 Å². The van der Waals surface area contributed by atoms with Crippen LogP contribution >= 0.6 is 0 Å². The van der Waals surface area contributed by atoms with Crippen molar-refractivity contribution in [2.24, 2.45) is 5.92 Å². The summed E-state index contributed by atoms with van der Waals surface area (Å²) in [6.45, 7) is 2.50. The number of methoxy groups -OCH3 is 1. The van der Waals surface area contributed by atoms with Crippen LogP contribution < -0.4 is 10.1 Å². The van der Waals surface area contributed by atoms with Gasteiger partial charge < -0.3 is 14.5 Å². The number of fused-ring (bicyclic) bond motifs is 1. The Morgan fingerprint density at radius 2 is 2.20 bits per heavy atom. The molecule has 4 rings (SSSR count). The fourth-order valence-electron chi connectivity index (χ4n) is 3.33. The third-order valence-corrected chi connectivity index (χ3v) is 4.77. The molecular weight excluding hydrogens is 314 g/mol. The zero-order chi connectivity index (χ0) is 17.4. The van der Waals surface area contributed by atoms with E-state index in [-0.39, 0.29) is 17.7 Å². The number of carbonyl (C=O) groups is 1. The van der Waals surface area contributed by atoms with Crippen molar-refractivity contribution in [1.29, 1.82) is 0 Å². The molecule has 1 N–H and O–H groups in total. The lowest BCUT2D eigenvalue weighted by atomic mass is 10.1. The van der Waals surface area contributed by atoms with Gasteiger partial charge in [-0.15, -0.1) is 0 Å². The number of nitrogens with zero attached hydrogens (tertiary/aromatic N) is 2. The average Bonchev–Trinajstić information content (AvgIpc) is 3.32. The first kappa shape index (κ1) is 15.7. The van der Waals surface area contributed by atoms with Gasteiger partial charge in [0, 0.05) is 18.3 Å². The number of ether oxygens (including phenoxy) is 1. The molecule has 0 radical (unpaired) electrons. The summed E-state index contributed by atoms with van der Waals surface area (Å²) in [5.74, 6) is 1.22. The number of carbonyl (C=O) groups excluding carboxylic acids is 1. The molecule has 1 aliphatic rings. The van der Waals surface area contributed by atoms with E-state index in [0.717, 1.165) is 29.1 Å². The summed E-state index contributed by atoms with van der Waals surface area (Å²) < 4.78 is 7.38. The maximum Gasteiger partial charge on any atom is 0.224 e. The van der Waals surface area contributed by atoms with Crippen molar-refractivity contribution < 1.29 is 9.53 Å². The summed E-state index contributed by atoms with van der Waals surface area (Å²) in [5.41, 5.74) is 4.07. The third kappa shape index (κ3) is 3.09. The molecule has 0 unspecified atom stereocenters. The number of imidazole rings is 1. The lowest BCUT2D eigenvalue weighted by molar-refractivity contribution is -0.122. The molecule has 2 atom stereocenters. The van der Waals surface area contributed by atoms with E-state index in [1.54, 1.807) is 7.11 Å². The fourth-order valence-corrected chi connectivity index (χ4v) is 3.33. The molecule has 2 heterocycles. The molecule has 1 fully saturated rings. The Balaban J connectivity index is 1.39. The smallest absolute Gasteiger partial charge is 0.224 e. The van der Waals surface area contributed by atoms with Crippen LogP contribution in [0.1, 0.15) is 29.2 Å². The van der Waals surface area contributed by atoms with E-state index >= 15 is 0 Å². The maximum absolute atomic E-state index is 12.4. The number of hydrogen-bond acceptors (Lipinski definition) is 3. The van der Waals surface area contributed by atoms with Gasteiger partial charge in [0.05, 0.1) is 19.3 Å². The van der Waals surface area contributed by atoms with Crippen LogP contribution in [0, 0.1) is 12.8 Å². The Hall–Kier alpha value is -2.82. The summed E-state index contributed by atoms with van der Waals surface area (Å²) >= 11 is 0. The standard InChI is InChI=1S/C20H21N3O2/c1-13-7-8-23-12-14(22-19(23)9-13)11-21-20(24)17-10-16(17)15-5-3-4-6-18(15)25-2/h3-9,12,16-17H,10-11H2,1-2H3,(H,21,24)/t16-,17+/m0/s1. The first-order valence-corrected chi connectivity index (χ1v) is 8.50. The normalized spacial score (nSPS) is 19.0. The van der Waals surface area contributed by atoms with E-state index < -0.39 is 0 Å². The van der Waals surface area contributed by atoms with Crippen LogP contribution in [0.25, 0.3) is 5.65 Å². The Morgan fingerprint density at radius 1 is 1.36 bits per heavy atom. The molecule has 5 nitrogen and oxygen atoms in total. The number of nitrogens with one attached hydrogen (secondary N) is 1. The monoisotopic (exact) mass is 335 g/mol. The maximum atomic E-state index is 12.4. The van der Waals surface area contributed by atoms with Crippen molar-refractivity contribution in [1.82, 2.24) is 14.7 Å². The number of aromatic nitrogens is 2. The minimum atomic E-state index is 0.0237. The molecule has 1 saturated carbocycles. The molecule has 1 amide bonds. The number of benzene rings is 1. The van der Waals surface area contributed by atoms with E-state index in [1.807, 2.05) is 60.1 Å². The minimum absolute atomic E-state index is 0.0237. The zero-order valence-electron chi connectivity index (χ0n) is 14.4. The van der Waals surface area contributed by atoms with E-state index in [9.17, 15) is 4.79 Å². The molecule has 25 heavy (non-hydrogen) atoms. The van der Waals surface area contributed by atoms with Crippen molar-refractivity contribution in [3.63, 3.8) is 0 Å². The van der Waals surface area contributed by atoms with E-state index in [1.165, 1.54) is 5.56 Å². The van der Waals surface area contributed by atoms with Gasteiger partial charge >= 0.3 is 0 Å². The molecule has 0 bridgehead atoms. The van der Waals surface area contributed by atoms with Gasteiger partial charge in [0.2, 0.25) is 5.91 Å². The average molecular weight is 335 g/mol. The van der Waals surface area contributed by atoms with E-state index in [2.05, 4.69) is 10.3 Å². The lowest BCUT2D eigenvalue weighted by Crippen LogP contribution is -2.25. The van der Waals surface area contributed by atoms with Crippen LogP contribution in [0.2, 0.25) is 0 Å². The summed E-state index contributed by atoms with van der Waals surface area (Å²) in [5, 5.41) is 3.02. The van der Waals surface area contributed by atoms with E-state index in [4.69, 9.17) is 4.74 Å². The number of pyridine rings is 1. The van der Waals surface area contributed by atoms with Crippen molar-refractivity contribution in [3.05, 3.63) is 65.6 Å². The molecule has 3 aromatic rings. The van der Waals surface area contributed by atoms with Crippen LogP contribution in [0.4, 0.5) is 0 Å². The predicted octanol–water partition coefficient (Wildman–Crippen LogP) is 3.07. The third-order valence-electron chi connectivity index (χ3n) is 4.77. The summed E-state index contributed by atoms with van der Waals surface area (Å²) in [6, 6.07) is 12.0. The molecule has 0 spiro atoms. The Bertz CT molecular complexity index is 932. The highest BCUT2D eigenvalue weighted by Crippen LogP contribution is 2.50. The van der Waals surface area contributed by atoms with Crippen LogP contribution in [0.5, 0.6) is 5.75 Å². The summed E-state index contributed by atoms with van der Waals surface area (Å²) in [6.07, 6.45) is 4.82. The molecule has 2 aromatic heterocycles. The van der Waals surface area contributed by atoms with Gasteiger partial charge in [-0.3, -0.25) is 4.79 Å². The second-order valence-corrected chi connectivity index (χ2v) is 6.61. The molecular formula is C20H21N3O2. The number of amides is 1. The molecule has 1 aromatic carbocycles. The Labute approximate surface area is 146 Å². The fraction of sp³-hybridized carbons (Fsp3) is 0.300. The SMILES string of the molecule is COc1ccccc1[C@@H]1C[C@H]1C(=O)NCc1cn2ccc(C)cc2n1.